The number of rotatable bonds is 4. The lowest BCUT2D eigenvalue weighted by molar-refractivity contribution is -0.136. The highest BCUT2D eigenvalue weighted by molar-refractivity contribution is 9.08. The molecule has 0 saturated carbocycles. The van der Waals surface area contributed by atoms with Gasteiger partial charge in [-0.15, -0.1) is 0 Å². The first-order valence-electron chi connectivity index (χ1n) is 4.95. The lowest BCUT2D eigenvalue weighted by atomic mass is 9.95. The summed E-state index contributed by atoms with van der Waals surface area (Å²) in [5, 5.41) is 18.4. The zero-order valence-corrected chi connectivity index (χ0v) is 10.5. The lowest BCUT2D eigenvalue weighted by Gasteiger charge is -2.10. The van der Waals surface area contributed by atoms with Crippen LogP contribution in [0.1, 0.15) is 29.2 Å². The van der Waals surface area contributed by atoms with E-state index in [0.717, 1.165) is 17.5 Å². The maximum Gasteiger partial charge on any atom is 0.307 e. The number of carbonyl (C=O) groups is 1. The first-order valence-corrected chi connectivity index (χ1v) is 6.07. The van der Waals surface area contributed by atoms with Crippen LogP contribution in [0.2, 0.25) is 0 Å². The highest BCUT2D eigenvalue weighted by Crippen LogP contribution is 2.22. The van der Waals surface area contributed by atoms with E-state index < -0.39 is 5.97 Å². The van der Waals surface area contributed by atoms with Crippen molar-refractivity contribution in [2.24, 2.45) is 0 Å². The SMILES string of the molecule is CCc1ccc(CC(=O)O)c(C#N)c1CBr. The van der Waals surface area contributed by atoms with E-state index >= 15 is 0 Å². The Balaban J connectivity index is 3.32. The third-order valence-electron chi connectivity index (χ3n) is 2.46. The van der Waals surface area contributed by atoms with Crippen molar-refractivity contribution in [3.05, 3.63) is 34.4 Å². The summed E-state index contributed by atoms with van der Waals surface area (Å²) in [4.78, 5) is 10.7. The summed E-state index contributed by atoms with van der Waals surface area (Å²) < 4.78 is 0. The number of aryl methyl sites for hydroxylation is 1. The summed E-state index contributed by atoms with van der Waals surface area (Å²) in [7, 11) is 0. The second-order valence-corrected chi connectivity index (χ2v) is 3.97. The summed E-state index contributed by atoms with van der Waals surface area (Å²) in [5.74, 6) is -0.915. The van der Waals surface area contributed by atoms with Crippen LogP contribution in [0.15, 0.2) is 12.1 Å². The monoisotopic (exact) mass is 281 g/mol. The van der Waals surface area contributed by atoms with Crippen molar-refractivity contribution in [2.45, 2.75) is 25.1 Å². The predicted octanol–water partition coefficient (Wildman–Crippen LogP) is 2.64. The number of benzene rings is 1. The minimum absolute atomic E-state index is 0.104. The summed E-state index contributed by atoms with van der Waals surface area (Å²) in [6, 6.07) is 5.73. The maximum atomic E-state index is 10.7. The number of nitrogens with zero attached hydrogens (tertiary/aromatic N) is 1. The zero-order valence-electron chi connectivity index (χ0n) is 8.96. The van der Waals surface area contributed by atoms with Gasteiger partial charge in [-0.2, -0.15) is 5.26 Å². The van der Waals surface area contributed by atoms with Gasteiger partial charge in [0.05, 0.1) is 18.1 Å². The molecule has 0 aromatic heterocycles. The molecule has 0 saturated heterocycles. The number of carboxylic acids is 1. The molecule has 0 amide bonds. The van der Waals surface area contributed by atoms with Crippen molar-refractivity contribution >= 4 is 21.9 Å². The average molecular weight is 282 g/mol. The minimum Gasteiger partial charge on any atom is -0.481 e. The zero-order chi connectivity index (χ0) is 12.1. The molecule has 0 aliphatic rings. The van der Waals surface area contributed by atoms with Crippen molar-refractivity contribution in [3.8, 4) is 6.07 Å². The fourth-order valence-electron chi connectivity index (χ4n) is 1.67. The molecule has 0 fully saturated rings. The Labute approximate surface area is 103 Å². The molecule has 4 heteroatoms. The third kappa shape index (κ3) is 2.61. The molecule has 0 radical (unpaired) electrons. The van der Waals surface area contributed by atoms with Crippen LogP contribution in [0.25, 0.3) is 0 Å². The van der Waals surface area contributed by atoms with Crippen LogP contribution in [-0.2, 0) is 23.0 Å². The molecule has 1 aromatic carbocycles. The number of hydrogen-bond donors (Lipinski definition) is 1. The standard InChI is InChI=1S/C12H12BrNO2/c1-2-8-3-4-9(5-12(15)16)11(7-14)10(8)6-13/h3-4H,2,5-6H2,1H3,(H,15,16). The first kappa shape index (κ1) is 12.7. The maximum absolute atomic E-state index is 10.7. The second-order valence-electron chi connectivity index (χ2n) is 3.41. The Morgan fingerprint density at radius 1 is 1.50 bits per heavy atom. The molecule has 0 unspecified atom stereocenters. The molecule has 0 atom stereocenters. The van der Waals surface area contributed by atoms with E-state index in [1.54, 1.807) is 6.07 Å². The quantitative estimate of drug-likeness (QED) is 0.863. The number of halogens is 1. The van der Waals surface area contributed by atoms with Crippen molar-refractivity contribution < 1.29 is 9.90 Å². The molecule has 3 nitrogen and oxygen atoms in total. The summed E-state index contributed by atoms with van der Waals surface area (Å²) in [6.07, 6.45) is 0.732. The summed E-state index contributed by atoms with van der Waals surface area (Å²) in [5.41, 5.74) is 3.08. The molecule has 16 heavy (non-hydrogen) atoms. The van der Waals surface area contributed by atoms with Gasteiger partial charge in [-0.25, -0.2) is 0 Å². The Kier molecular flexibility index (Phi) is 4.51. The number of hydrogen-bond acceptors (Lipinski definition) is 2. The smallest absolute Gasteiger partial charge is 0.307 e. The van der Waals surface area contributed by atoms with Crippen LogP contribution in [0.4, 0.5) is 0 Å². The van der Waals surface area contributed by atoms with E-state index in [1.165, 1.54) is 0 Å². The number of aliphatic carboxylic acids is 1. The van der Waals surface area contributed by atoms with Crippen LogP contribution in [0.3, 0.4) is 0 Å². The van der Waals surface area contributed by atoms with Gasteiger partial charge < -0.3 is 5.11 Å². The average Bonchev–Trinajstić information content (AvgIpc) is 2.27. The molecule has 0 spiro atoms. The van der Waals surface area contributed by atoms with E-state index in [0.29, 0.717) is 16.5 Å². The normalized spacial score (nSPS) is 9.81. The molecule has 1 aromatic rings. The number of alkyl halides is 1. The van der Waals surface area contributed by atoms with Gasteiger partial charge in [0, 0.05) is 5.33 Å². The Bertz CT molecular complexity index is 449. The van der Waals surface area contributed by atoms with E-state index in [9.17, 15) is 4.79 Å². The van der Waals surface area contributed by atoms with Crippen LogP contribution in [0.5, 0.6) is 0 Å². The van der Waals surface area contributed by atoms with Gasteiger partial charge in [0.15, 0.2) is 0 Å². The fraction of sp³-hybridized carbons (Fsp3) is 0.333. The van der Waals surface area contributed by atoms with Gasteiger partial charge in [-0.1, -0.05) is 35.0 Å². The Hall–Kier alpha value is -1.34. The minimum atomic E-state index is -0.915. The third-order valence-corrected chi connectivity index (χ3v) is 3.02. The highest BCUT2D eigenvalue weighted by atomic mass is 79.9. The van der Waals surface area contributed by atoms with E-state index in [1.807, 2.05) is 13.0 Å². The Morgan fingerprint density at radius 2 is 2.12 bits per heavy atom. The Morgan fingerprint density at radius 3 is 2.56 bits per heavy atom. The van der Waals surface area contributed by atoms with Gasteiger partial charge in [-0.05, 0) is 23.1 Å². The van der Waals surface area contributed by atoms with Crippen LogP contribution >= 0.6 is 15.9 Å². The van der Waals surface area contributed by atoms with Crippen molar-refractivity contribution in [3.63, 3.8) is 0 Å². The van der Waals surface area contributed by atoms with Gasteiger partial charge in [0.25, 0.3) is 0 Å². The van der Waals surface area contributed by atoms with Gasteiger partial charge >= 0.3 is 5.97 Å². The molecule has 0 aliphatic carbocycles. The van der Waals surface area contributed by atoms with Crippen LogP contribution < -0.4 is 0 Å². The molecule has 1 N–H and O–H groups in total. The molecule has 84 valence electrons. The highest BCUT2D eigenvalue weighted by Gasteiger charge is 2.13. The summed E-state index contributed by atoms with van der Waals surface area (Å²) >= 11 is 3.34. The van der Waals surface area contributed by atoms with E-state index in [4.69, 9.17) is 10.4 Å². The first-order chi connectivity index (χ1) is 7.63. The topological polar surface area (TPSA) is 61.1 Å². The van der Waals surface area contributed by atoms with Crippen molar-refractivity contribution in [2.75, 3.05) is 0 Å². The van der Waals surface area contributed by atoms with Crippen molar-refractivity contribution in [1.29, 1.82) is 5.26 Å². The molecular weight excluding hydrogens is 270 g/mol. The molecule has 0 heterocycles. The molecule has 0 bridgehead atoms. The predicted molar refractivity (Wildman–Crippen MR) is 64.5 cm³/mol. The largest absolute Gasteiger partial charge is 0.481 e. The second kappa shape index (κ2) is 5.66. The number of carboxylic acid groups (broad SMARTS) is 1. The number of nitriles is 1. The summed E-state index contributed by atoms with van der Waals surface area (Å²) in [6.45, 7) is 2.01. The van der Waals surface area contributed by atoms with Crippen LogP contribution in [0, 0.1) is 11.3 Å². The van der Waals surface area contributed by atoms with Gasteiger partial charge in [0.1, 0.15) is 0 Å². The molecule has 0 aliphatic heterocycles. The van der Waals surface area contributed by atoms with Crippen molar-refractivity contribution in [1.82, 2.24) is 0 Å². The van der Waals surface area contributed by atoms with Gasteiger partial charge in [0.2, 0.25) is 0 Å². The van der Waals surface area contributed by atoms with Crippen LogP contribution in [-0.4, -0.2) is 11.1 Å². The van der Waals surface area contributed by atoms with E-state index in [-0.39, 0.29) is 6.42 Å². The van der Waals surface area contributed by atoms with Gasteiger partial charge in [-0.3, -0.25) is 4.79 Å². The lowest BCUT2D eigenvalue weighted by Crippen LogP contribution is -2.05. The van der Waals surface area contributed by atoms with E-state index in [2.05, 4.69) is 22.0 Å². The molecule has 1 rings (SSSR count). The molecular formula is C12H12BrNO2. The fourth-order valence-corrected chi connectivity index (χ4v) is 2.31.